The third kappa shape index (κ3) is 3.64. The van der Waals surface area contributed by atoms with Crippen LogP contribution in [0.25, 0.3) is 0 Å². The summed E-state index contributed by atoms with van der Waals surface area (Å²) in [5.74, 6) is -1.67. The normalized spacial score (nSPS) is 10.8. The number of carboxylic acids is 1. The minimum Gasteiger partial charge on any atom is -0.545 e. The molecule has 0 spiro atoms. The van der Waals surface area contributed by atoms with E-state index in [4.69, 9.17) is 0 Å². The zero-order chi connectivity index (χ0) is 19.3. The molecule has 0 atom stereocenters. The molecule has 0 saturated carbocycles. The third-order valence-electron chi connectivity index (χ3n) is 4.04. The molecule has 0 amide bonds. The molecule has 1 aromatic carbocycles. The standard InChI is InChI=1S/C19H19N3O4/c1-3-4-9-22-17(23)14(10-20)12(2)15(18(22)24)11-21-16-8-6-5-7-13(16)19(25)26/h5-8,11,24H,3-4,9H2,1-2H3,(H,25,26)/p-1. The van der Waals surface area contributed by atoms with Crippen LogP contribution >= 0.6 is 0 Å². The van der Waals surface area contributed by atoms with Gasteiger partial charge in [-0.05, 0) is 25.0 Å². The van der Waals surface area contributed by atoms with Crippen LogP contribution < -0.4 is 10.7 Å². The summed E-state index contributed by atoms with van der Waals surface area (Å²) in [7, 11) is 0. The lowest BCUT2D eigenvalue weighted by Gasteiger charge is -2.13. The Labute approximate surface area is 150 Å². The first-order valence-electron chi connectivity index (χ1n) is 8.13. The second kappa shape index (κ2) is 8.12. The van der Waals surface area contributed by atoms with Crippen LogP contribution in [-0.4, -0.2) is 21.9 Å². The molecule has 0 saturated heterocycles. The summed E-state index contributed by atoms with van der Waals surface area (Å²) < 4.78 is 1.14. The number of hydrogen-bond acceptors (Lipinski definition) is 6. The number of pyridine rings is 1. The van der Waals surface area contributed by atoms with Crippen molar-refractivity contribution >= 4 is 17.9 Å². The fourth-order valence-corrected chi connectivity index (χ4v) is 2.54. The quantitative estimate of drug-likeness (QED) is 0.793. The number of carbonyl (C=O) groups is 1. The lowest BCUT2D eigenvalue weighted by molar-refractivity contribution is -0.254. The van der Waals surface area contributed by atoms with E-state index >= 15 is 0 Å². The molecule has 2 rings (SSSR count). The number of benzene rings is 1. The summed E-state index contributed by atoms with van der Waals surface area (Å²) in [4.78, 5) is 27.6. The highest BCUT2D eigenvalue weighted by Crippen LogP contribution is 2.23. The molecule has 0 bridgehead atoms. The van der Waals surface area contributed by atoms with Gasteiger partial charge >= 0.3 is 0 Å². The Bertz CT molecular complexity index is 968. The highest BCUT2D eigenvalue weighted by atomic mass is 16.4. The second-order valence-corrected chi connectivity index (χ2v) is 5.72. The van der Waals surface area contributed by atoms with Gasteiger partial charge in [-0.15, -0.1) is 0 Å². The van der Waals surface area contributed by atoms with E-state index in [1.54, 1.807) is 12.1 Å². The van der Waals surface area contributed by atoms with Crippen molar-refractivity contribution in [3.63, 3.8) is 0 Å². The molecule has 1 aromatic heterocycles. The fourth-order valence-electron chi connectivity index (χ4n) is 2.54. The summed E-state index contributed by atoms with van der Waals surface area (Å²) in [6.45, 7) is 3.75. The maximum absolute atomic E-state index is 12.4. The Morgan fingerprint density at radius 3 is 2.73 bits per heavy atom. The lowest BCUT2D eigenvalue weighted by Crippen LogP contribution is -2.25. The summed E-state index contributed by atoms with van der Waals surface area (Å²) >= 11 is 0. The molecule has 0 radical (unpaired) electrons. The minimum absolute atomic E-state index is 0.0754. The van der Waals surface area contributed by atoms with Crippen LogP contribution in [0.5, 0.6) is 5.88 Å². The Morgan fingerprint density at radius 2 is 2.12 bits per heavy atom. The molecule has 7 heteroatoms. The molecule has 0 fully saturated rings. The van der Waals surface area contributed by atoms with Gasteiger partial charge in [0.25, 0.3) is 5.56 Å². The summed E-state index contributed by atoms with van der Waals surface area (Å²) in [6, 6.07) is 7.88. The molecule has 0 aliphatic heterocycles. The van der Waals surface area contributed by atoms with E-state index in [1.807, 2.05) is 13.0 Å². The van der Waals surface area contributed by atoms with E-state index in [-0.39, 0.29) is 40.4 Å². The maximum Gasteiger partial charge on any atom is 0.271 e. The smallest absolute Gasteiger partial charge is 0.271 e. The van der Waals surface area contributed by atoms with E-state index in [1.165, 1.54) is 25.3 Å². The van der Waals surface area contributed by atoms with Gasteiger partial charge in [-0.2, -0.15) is 5.26 Å². The molecule has 1 heterocycles. The predicted octanol–water partition coefficient (Wildman–Crippen LogP) is 1.65. The van der Waals surface area contributed by atoms with Gasteiger partial charge in [0.15, 0.2) is 0 Å². The average molecular weight is 352 g/mol. The molecular weight excluding hydrogens is 334 g/mol. The number of aromatic carboxylic acids is 1. The number of rotatable bonds is 6. The van der Waals surface area contributed by atoms with Crippen LogP contribution in [0.4, 0.5) is 5.69 Å². The van der Waals surface area contributed by atoms with Gasteiger partial charge in [-0.25, -0.2) is 0 Å². The zero-order valence-electron chi connectivity index (χ0n) is 14.5. The Morgan fingerprint density at radius 1 is 1.42 bits per heavy atom. The topological polar surface area (TPSA) is 119 Å². The van der Waals surface area contributed by atoms with E-state index in [9.17, 15) is 25.1 Å². The molecule has 1 N–H and O–H groups in total. The van der Waals surface area contributed by atoms with Crippen molar-refractivity contribution in [1.82, 2.24) is 4.57 Å². The Hall–Kier alpha value is -3.40. The van der Waals surface area contributed by atoms with Gasteiger partial charge in [-0.3, -0.25) is 14.4 Å². The van der Waals surface area contributed by atoms with Crippen LogP contribution in [0.3, 0.4) is 0 Å². The van der Waals surface area contributed by atoms with Gasteiger partial charge in [0.2, 0.25) is 5.88 Å². The molecule has 0 unspecified atom stereocenters. The van der Waals surface area contributed by atoms with Gasteiger partial charge in [0.1, 0.15) is 11.6 Å². The van der Waals surface area contributed by atoms with Crippen LogP contribution in [-0.2, 0) is 6.54 Å². The van der Waals surface area contributed by atoms with Gasteiger partial charge in [0, 0.05) is 18.3 Å². The van der Waals surface area contributed by atoms with Crippen molar-refractivity contribution < 1.29 is 15.0 Å². The molecule has 0 aliphatic rings. The second-order valence-electron chi connectivity index (χ2n) is 5.72. The van der Waals surface area contributed by atoms with Crippen LogP contribution in [0.1, 0.15) is 46.8 Å². The van der Waals surface area contributed by atoms with Gasteiger partial charge < -0.3 is 15.0 Å². The maximum atomic E-state index is 12.4. The van der Waals surface area contributed by atoms with Crippen LogP contribution in [0, 0.1) is 18.3 Å². The number of carbonyl (C=O) groups excluding carboxylic acids is 1. The number of carboxylic acid groups (broad SMARTS) is 1. The number of nitrogens with zero attached hydrogens (tertiary/aromatic N) is 3. The molecular formula is C19H18N3O4-. The van der Waals surface area contributed by atoms with E-state index in [0.29, 0.717) is 6.42 Å². The number of aromatic nitrogens is 1. The number of aliphatic imine (C=N–C) groups is 1. The highest BCUT2D eigenvalue weighted by molar-refractivity contribution is 5.94. The lowest BCUT2D eigenvalue weighted by atomic mass is 10.1. The zero-order valence-corrected chi connectivity index (χ0v) is 14.5. The third-order valence-corrected chi connectivity index (χ3v) is 4.04. The summed E-state index contributed by atoms with van der Waals surface area (Å²) in [5.41, 5.74) is -0.0866. The first-order chi connectivity index (χ1) is 12.4. The van der Waals surface area contributed by atoms with E-state index in [2.05, 4.69) is 4.99 Å². The largest absolute Gasteiger partial charge is 0.545 e. The SMILES string of the molecule is CCCCn1c(O)c(C=Nc2ccccc2C(=O)[O-])c(C)c(C#N)c1=O. The summed E-state index contributed by atoms with van der Waals surface area (Å²) in [6.07, 6.45) is 2.73. The number of para-hydroxylation sites is 1. The fraction of sp³-hybridized carbons (Fsp3) is 0.263. The van der Waals surface area contributed by atoms with E-state index < -0.39 is 11.5 Å². The van der Waals surface area contributed by atoms with Gasteiger partial charge in [0.05, 0.1) is 17.2 Å². The first kappa shape index (κ1) is 18.9. The van der Waals surface area contributed by atoms with Gasteiger partial charge in [-0.1, -0.05) is 31.5 Å². The minimum atomic E-state index is -1.37. The summed E-state index contributed by atoms with van der Waals surface area (Å²) in [5, 5.41) is 30.9. The number of unbranched alkanes of at least 4 members (excludes halogenated alkanes) is 1. The van der Waals surface area contributed by atoms with Crippen molar-refractivity contribution in [3.05, 3.63) is 56.9 Å². The van der Waals surface area contributed by atoms with Crippen molar-refractivity contribution in [2.24, 2.45) is 4.99 Å². The number of hydrogen-bond donors (Lipinski definition) is 1. The number of aromatic hydroxyl groups is 1. The van der Waals surface area contributed by atoms with Crippen molar-refractivity contribution in [2.75, 3.05) is 0 Å². The Balaban J connectivity index is 2.62. The van der Waals surface area contributed by atoms with Crippen LogP contribution in [0.2, 0.25) is 0 Å². The average Bonchev–Trinajstić information content (AvgIpc) is 2.62. The molecule has 7 nitrogen and oxygen atoms in total. The van der Waals surface area contributed by atoms with Crippen molar-refractivity contribution in [1.29, 1.82) is 5.26 Å². The first-order valence-corrected chi connectivity index (χ1v) is 8.13. The molecule has 2 aromatic rings. The van der Waals surface area contributed by atoms with Crippen molar-refractivity contribution in [2.45, 2.75) is 33.2 Å². The number of nitriles is 1. The predicted molar refractivity (Wildman–Crippen MR) is 94.8 cm³/mol. The molecule has 134 valence electrons. The molecule has 0 aliphatic carbocycles. The highest BCUT2D eigenvalue weighted by Gasteiger charge is 2.17. The van der Waals surface area contributed by atoms with Crippen molar-refractivity contribution in [3.8, 4) is 11.9 Å². The molecule has 26 heavy (non-hydrogen) atoms. The van der Waals surface area contributed by atoms with Crippen LogP contribution in [0.15, 0.2) is 34.1 Å². The van der Waals surface area contributed by atoms with E-state index in [0.717, 1.165) is 11.0 Å². The monoisotopic (exact) mass is 352 g/mol. The Kier molecular flexibility index (Phi) is 5.91.